The third-order valence-corrected chi connectivity index (χ3v) is 3.12. The summed E-state index contributed by atoms with van der Waals surface area (Å²) in [6.07, 6.45) is 1.58. The van der Waals surface area contributed by atoms with E-state index in [4.69, 9.17) is 0 Å². The van der Waals surface area contributed by atoms with Crippen LogP contribution in [0.15, 0.2) is 30.6 Å². The molecule has 1 aromatic carbocycles. The molecule has 90 valence electrons. The second-order valence-electron chi connectivity index (χ2n) is 4.35. The molecule has 0 radical (unpaired) electrons. The molecule has 3 aromatic rings. The Morgan fingerprint density at radius 3 is 2.50 bits per heavy atom. The van der Waals surface area contributed by atoms with E-state index in [0.29, 0.717) is 0 Å². The van der Waals surface area contributed by atoms with E-state index in [-0.39, 0.29) is 5.75 Å². The van der Waals surface area contributed by atoms with Crippen LogP contribution in [0, 0.1) is 13.8 Å². The second kappa shape index (κ2) is 3.84. The zero-order chi connectivity index (χ0) is 12.7. The molecule has 2 aromatic heterocycles. The van der Waals surface area contributed by atoms with Crippen molar-refractivity contribution in [2.45, 2.75) is 13.8 Å². The fraction of sp³-hybridized carbons (Fsp3) is 0.143. The molecule has 0 saturated heterocycles. The Kier molecular flexibility index (Phi) is 2.30. The molecule has 2 N–H and O–H groups in total. The number of nitrogens with zero attached hydrogens (tertiary/aromatic N) is 2. The fourth-order valence-corrected chi connectivity index (χ4v) is 2.26. The molecule has 3 rings (SSSR count). The van der Waals surface area contributed by atoms with Crippen molar-refractivity contribution in [3.05, 3.63) is 42.0 Å². The number of fused-ring (bicyclic) bond motifs is 1. The Balaban J connectivity index is 2.30. The highest BCUT2D eigenvalue weighted by atomic mass is 16.3. The molecule has 4 nitrogen and oxygen atoms in total. The zero-order valence-corrected chi connectivity index (χ0v) is 10.2. The number of phenolic OH excluding ortho intramolecular Hbond substituents is 1. The average Bonchev–Trinajstić information content (AvgIpc) is 2.69. The van der Waals surface area contributed by atoms with Crippen LogP contribution in [0.25, 0.3) is 22.2 Å². The Bertz CT molecular complexity index is 714. The maximum atomic E-state index is 9.33. The van der Waals surface area contributed by atoms with Gasteiger partial charge in [0.15, 0.2) is 0 Å². The number of benzene rings is 1. The maximum absolute atomic E-state index is 9.33. The van der Waals surface area contributed by atoms with Gasteiger partial charge in [-0.3, -0.25) is 0 Å². The molecule has 0 aliphatic rings. The first-order valence-corrected chi connectivity index (χ1v) is 5.76. The topological polar surface area (TPSA) is 61.8 Å². The van der Waals surface area contributed by atoms with E-state index in [2.05, 4.69) is 15.0 Å². The molecule has 0 bridgehead atoms. The van der Waals surface area contributed by atoms with Gasteiger partial charge in [-0.15, -0.1) is 0 Å². The summed E-state index contributed by atoms with van der Waals surface area (Å²) in [4.78, 5) is 11.9. The van der Waals surface area contributed by atoms with Crippen molar-refractivity contribution >= 4 is 10.9 Å². The maximum Gasteiger partial charge on any atom is 0.116 e. The van der Waals surface area contributed by atoms with Gasteiger partial charge in [0, 0.05) is 16.6 Å². The summed E-state index contributed by atoms with van der Waals surface area (Å²) in [5, 5.41) is 10.4. The highest BCUT2D eigenvalue weighted by Gasteiger charge is 2.12. The number of hydrogen-bond acceptors (Lipinski definition) is 3. The lowest BCUT2D eigenvalue weighted by atomic mass is 10.1. The van der Waals surface area contributed by atoms with Gasteiger partial charge in [0.1, 0.15) is 12.1 Å². The van der Waals surface area contributed by atoms with Crippen LogP contribution in [0.3, 0.4) is 0 Å². The third-order valence-electron chi connectivity index (χ3n) is 3.12. The fourth-order valence-electron chi connectivity index (χ4n) is 2.26. The van der Waals surface area contributed by atoms with Crippen LogP contribution in [0.2, 0.25) is 0 Å². The highest BCUT2D eigenvalue weighted by Crippen LogP contribution is 2.30. The lowest BCUT2D eigenvalue weighted by Gasteiger charge is -2.00. The van der Waals surface area contributed by atoms with Gasteiger partial charge in [0.2, 0.25) is 0 Å². The van der Waals surface area contributed by atoms with Crippen molar-refractivity contribution in [3.8, 4) is 17.0 Å². The number of phenols is 1. The predicted molar refractivity (Wildman–Crippen MR) is 70.5 cm³/mol. The first-order valence-electron chi connectivity index (χ1n) is 5.76. The molecule has 18 heavy (non-hydrogen) atoms. The summed E-state index contributed by atoms with van der Waals surface area (Å²) < 4.78 is 0. The van der Waals surface area contributed by atoms with Crippen molar-refractivity contribution in [1.82, 2.24) is 15.0 Å². The summed E-state index contributed by atoms with van der Waals surface area (Å²) in [7, 11) is 0. The first-order chi connectivity index (χ1) is 8.66. The minimum absolute atomic E-state index is 0.261. The summed E-state index contributed by atoms with van der Waals surface area (Å²) in [5.74, 6) is 0.261. The largest absolute Gasteiger partial charge is 0.508 e. The van der Waals surface area contributed by atoms with Crippen molar-refractivity contribution < 1.29 is 5.11 Å². The standard InChI is InChI=1S/C14H13N3O/c1-8-12-9(2)17-13(14(12)16-7-15-8)10-3-5-11(18)6-4-10/h3-7,17-18H,1-2H3. The SMILES string of the molecule is Cc1ncnc2c(-c3ccc(O)cc3)[nH]c(C)c12. The predicted octanol–water partition coefficient (Wildman–Crippen LogP) is 2.95. The van der Waals surface area contributed by atoms with Gasteiger partial charge in [-0.2, -0.15) is 0 Å². The van der Waals surface area contributed by atoms with E-state index in [1.54, 1.807) is 18.5 Å². The quantitative estimate of drug-likeness (QED) is 0.686. The van der Waals surface area contributed by atoms with Crippen LogP contribution in [0.4, 0.5) is 0 Å². The molecule has 0 aliphatic carbocycles. The molecule has 0 spiro atoms. The summed E-state index contributed by atoms with van der Waals surface area (Å²) in [6, 6.07) is 7.09. The van der Waals surface area contributed by atoms with Gasteiger partial charge >= 0.3 is 0 Å². The molecule has 2 heterocycles. The second-order valence-corrected chi connectivity index (χ2v) is 4.35. The molecule has 0 saturated carbocycles. The smallest absolute Gasteiger partial charge is 0.116 e. The summed E-state index contributed by atoms with van der Waals surface area (Å²) in [6.45, 7) is 3.99. The van der Waals surface area contributed by atoms with Crippen molar-refractivity contribution in [2.75, 3.05) is 0 Å². The lowest BCUT2D eigenvalue weighted by molar-refractivity contribution is 0.475. The van der Waals surface area contributed by atoms with Crippen LogP contribution in [0.5, 0.6) is 5.75 Å². The number of aromatic hydroxyl groups is 1. The number of H-pyrrole nitrogens is 1. The van der Waals surface area contributed by atoms with E-state index in [1.165, 1.54) is 0 Å². The number of aryl methyl sites for hydroxylation is 2. The normalized spacial score (nSPS) is 11.0. The third kappa shape index (κ3) is 1.54. The summed E-state index contributed by atoms with van der Waals surface area (Å²) >= 11 is 0. The van der Waals surface area contributed by atoms with Gasteiger partial charge in [0.25, 0.3) is 0 Å². The Hall–Kier alpha value is -2.36. The highest BCUT2D eigenvalue weighted by molar-refractivity contribution is 5.95. The van der Waals surface area contributed by atoms with Crippen molar-refractivity contribution in [2.24, 2.45) is 0 Å². The first kappa shape index (κ1) is 10.8. The summed E-state index contributed by atoms with van der Waals surface area (Å²) in [5.41, 5.74) is 4.92. The monoisotopic (exact) mass is 239 g/mol. The molecular formula is C14H13N3O. The minimum atomic E-state index is 0.261. The molecular weight excluding hydrogens is 226 g/mol. The molecule has 0 aliphatic heterocycles. The van der Waals surface area contributed by atoms with E-state index >= 15 is 0 Å². The Morgan fingerprint density at radius 1 is 1.06 bits per heavy atom. The van der Waals surface area contributed by atoms with E-state index < -0.39 is 0 Å². The van der Waals surface area contributed by atoms with Gasteiger partial charge in [-0.25, -0.2) is 9.97 Å². The van der Waals surface area contributed by atoms with Crippen LogP contribution < -0.4 is 0 Å². The minimum Gasteiger partial charge on any atom is -0.508 e. The van der Waals surface area contributed by atoms with Crippen LogP contribution in [-0.2, 0) is 0 Å². The van der Waals surface area contributed by atoms with E-state index in [9.17, 15) is 5.11 Å². The Labute approximate surface area is 104 Å². The number of hydrogen-bond donors (Lipinski definition) is 2. The molecule has 0 atom stereocenters. The zero-order valence-electron chi connectivity index (χ0n) is 10.2. The number of rotatable bonds is 1. The molecule has 0 unspecified atom stereocenters. The molecule has 4 heteroatoms. The van der Waals surface area contributed by atoms with E-state index in [0.717, 1.165) is 33.5 Å². The van der Waals surface area contributed by atoms with Crippen LogP contribution in [-0.4, -0.2) is 20.1 Å². The number of aromatic nitrogens is 3. The van der Waals surface area contributed by atoms with Crippen LogP contribution in [0.1, 0.15) is 11.4 Å². The van der Waals surface area contributed by atoms with Gasteiger partial charge in [-0.1, -0.05) is 0 Å². The van der Waals surface area contributed by atoms with Gasteiger partial charge in [0.05, 0.1) is 16.9 Å². The molecule has 0 fully saturated rings. The van der Waals surface area contributed by atoms with Crippen molar-refractivity contribution in [1.29, 1.82) is 0 Å². The van der Waals surface area contributed by atoms with Gasteiger partial charge in [-0.05, 0) is 38.1 Å². The average molecular weight is 239 g/mol. The van der Waals surface area contributed by atoms with Crippen LogP contribution >= 0.6 is 0 Å². The molecule has 0 amide bonds. The van der Waals surface area contributed by atoms with E-state index in [1.807, 2.05) is 26.0 Å². The van der Waals surface area contributed by atoms with Crippen molar-refractivity contribution in [3.63, 3.8) is 0 Å². The number of nitrogens with one attached hydrogen (secondary N) is 1. The van der Waals surface area contributed by atoms with Gasteiger partial charge < -0.3 is 10.1 Å². The number of aromatic amines is 1. The lowest BCUT2D eigenvalue weighted by Crippen LogP contribution is -1.85. The Morgan fingerprint density at radius 2 is 1.78 bits per heavy atom.